The molecule has 0 saturated heterocycles. The second-order valence-electron chi connectivity index (χ2n) is 20.3. The van der Waals surface area contributed by atoms with Crippen molar-refractivity contribution in [3.8, 4) is 28.4 Å². The Kier molecular flexibility index (Phi) is 12.1. The maximum Gasteiger partial charge on any atom is 0.135 e. The van der Waals surface area contributed by atoms with E-state index in [1.807, 2.05) is 24.4 Å². The molecule has 0 atom stereocenters. The number of hydrogen-bond acceptors (Lipinski definition) is 4. The van der Waals surface area contributed by atoms with Gasteiger partial charge in [0, 0.05) is 72.2 Å². The first-order valence-corrected chi connectivity index (χ1v) is 23.9. The Morgan fingerprint density at radius 2 is 1.11 bits per heavy atom. The number of pyridine rings is 1. The van der Waals surface area contributed by atoms with Crippen LogP contribution in [-0.4, -0.2) is 9.55 Å². The first-order chi connectivity index (χ1) is 33.3. The fraction of sp³-hybridized carbons (Fsp3) is 0.156. The standard InChI is InChI=1S/C64H55N4O.Pt/c1-62(2,3)50-36-45(44-20-11-8-12-21-44)37-52(38-50)67-43-66(58-33-30-48(39-60(58)67)63(4,5)46-22-13-9-14-23-46)51-26-19-27-53(41-51)69-54-31-32-56-55-28-17-18-29-57(55)68(59(56)42-54)61-40-49(34-35-65-61)64(6,7)47-24-15-10-16-25-47;/h8-40,43H,1-7H3;/q-3;. The Bertz CT molecular complexity index is 3500. The smallest absolute Gasteiger partial charge is 0.135 e. The first-order valence-electron chi connectivity index (χ1n) is 23.9. The zero-order chi connectivity index (χ0) is 47.5. The van der Waals surface area contributed by atoms with E-state index in [0.29, 0.717) is 11.5 Å². The van der Waals surface area contributed by atoms with Gasteiger partial charge in [0.05, 0.1) is 0 Å². The molecule has 0 spiro atoms. The number of aromatic nitrogens is 2. The van der Waals surface area contributed by atoms with Crippen molar-refractivity contribution in [3.05, 3.63) is 247 Å². The summed E-state index contributed by atoms with van der Waals surface area (Å²) in [6.07, 6.45) is 1.92. The van der Waals surface area contributed by atoms with Crippen LogP contribution in [0.25, 0.3) is 38.8 Å². The minimum absolute atomic E-state index is 0. The summed E-state index contributed by atoms with van der Waals surface area (Å²) < 4.78 is 8.95. The van der Waals surface area contributed by atoms with Gasteiger partial charge in [0.15, 0.2) is 0 Å². The molecular formula is C64H55N4OPt-3. The molecule has 5 nitrogen and oxygen atoms in total. The molecule has 0 unspecified atom stereocenters. The maximum atomic E-state index is 6.74. The van der Waals surface area contributed by atoms with Crippen LogP contribution in [-0.2, 0) is 37.3 Å². The molecule has 0 bridgehead atoms. The molecule has 0 radical (unpaired) electrons. The van der Waals surface area contributed by atoms with E-state index < -0.39 is 0 Å². The van der Waals surface area contributed by atoms with E-state index >= 15 is 0 Å². The zero-order valence-electron chi connectivity index (χ0n) is 40.6. The molecule has 11 rings (SSSR count). The summed E-state index contributed by atoms with van der Waals surface area (Å²) in [6.45, 7) is 18.2. The molecule has 0 N–H and O–H groups in total. The van der Waals surface area contributed by atoms with Gasteiger partial charge in [-0.05, 0) is 92.2 Å². The zero-order valence-corrected chi connectivity index (χ0v) is 42.9. The van der Waals surface area contributed by atoms with Crippen LogP contribution in [0.3, 0.4) is 0 Å². The molecule has 0 saturated carbocycles. The normalized spacial score (nSPS) is 12.8. The largest absolute Gasteiger partial charge is 0.509 e. The minimum atomic E-state index is -0.237. The Balaban J connectivity index is 0.00000567. The van der Waals surface area contributed by atoms with Gasteiger partial charge in [-0.3, -0.25) is 0 Å². The van der Waals surface area contributed by atoms with E-state index in [1.54, 1.807) is 0 Å². The van der Waals surface area contributed by atoms with Gasteiger partial charge in [0.2, 0.25) is 0 Å². The van der Waals surface area contributed by atoms with Crippen LogP contribution in [0, 0.1) is 18.8 Å². The van der Waals surface area contributed by atoms with Crippen LogP contribution in [0.2, 0.25) is 0 Å². The number of benzene rings is 8. The summed E-state index contributed by atoms with van der Waals surface area (Å²) in [5, 5.41) is 2.21. The molecule has 0 aliphatic carbocycles. The van der Waals surface area contributed by atoms with E-state index in [-0.39, 0.29) is 37.3 Å². The molecule has 1 aliphatic rings. The number of rotatable bonds is 10. The number of ether oxygens (including phenoxy) is 1. The average Bonchev–Trinajstić information content (AvgIpc) is 3.93. The first kappa shape index (κ1) is 46.5. The molecule has 70 heavy (non-hydrogen) atoms. The quantitative estimate of drug-likeness (QED) is 0.128. The Morgan fingerprint density at radius 3 is 1.81 bits per heavy atom. The van der Waals surface area contributed by atoms with Gasteiger partial charge in [-0.1, -0.05) is 175 Å². The van der Waals surface area contributed by atoms with E-state index in [9.17, 15) is 0 Å². The number of anilines is 4. The van der Waals surface area contributed by atoms with Gasteiger partial charge in [0.1, 0.15) is 5.82 Å². The second kappa shape index (κ2) is 18.3. The Hall–Kier alpha value is -7.20. The summed E-state index contributed by atoms with van der Waals surface area (Å²) in [5.41, 5.74) is 14.1. The van der Waals surface area contributed by atoms with Crippen molar-refractivity contribution in [2.75, 3.05) is 9.80 Å². The Labute approximate surface area is 427 Å². The van der Waals surface area contributed by atoms with E-state index in [0.717, 1.165) is 50.4 Å². The number of para-hydroxylation sites is 1. The molecule has 6 heteroatoms. The third kappa shape index (κ3) is 8.51. The van der Waals surface area contributed by atoms with E-state index in [4.69, 9.17) is 9.72 Å². The molecule has 1 aliphatic heterocycles. The van der Waals surface area contributed by atoms with E-state index in [2.05, 4.69) is 258 Å². The van der Waals surface area contributed by atoms with Crippen LogP contribution in [0.4, 0.5) is 22.7 Å². The van der Waals surface area contributed by atoms with Gasteiger partial charge in [-0.25, -0.2) is 4.98 Å². The van der Waals surface area contributed by atoms with Crippen molar-refractivity contribution in [2.45, 2.75) is 64.7 Å². The summed E-state index contributed by atoms with van der Waals surface area (Å²) in [5.74, 6) is 2.01. The van der Waals surface area contributed by atoms with Crippen molar-refractivity contribution in [1.82, 2.24) is 9.55 Å². The molecule has 2 aromatic heterocycles. The third-order valence-electron chi connectivity index (χ3n) is 14.1. The molecule has 0 amide bonds. The number of nitrogens with zero attached hydrogens (tertiary/aromatic N) is 4. The molecule has 0 fully saturated rings. The van der Waals surface area contributed by atoms with Crippen molar-refractivity contribution in [2.24, 2.45) is 0 Å². The van der Waals surface area contributed by atoms with Crippen LogP contribution in [0.15, 0.2) is 200 Å². The van der Waals surface area contributed by atoms with Gasteiger partial charge in [0.25, 0.3) is 0 Å². The molecular weight excluding hydrogens is 1040 g/mol. The minimum Gasteiger partial charge on any atom is -0.509 e. The fourth-order valence-electron chi connectivity index (χ4n) is 9.83. The van der Waals surface area contributed by atoms with Crippen LogP contribution in [0.5, 0.6) is 11.5 Å². The summed E-state index contributed by atoms with van der Waals surface area (Å²) in [6, 6.07) is 76.4. The van der Waals surface area contributed by atoms with Gasteiger partial charge >= 0.3 is 0 Å². The maximum absolute atomic E-state index is 6.74. The van der Waals surface area contributed by atoms with Crippen molar-refractivity contribution >= 4 is 44.6 Å². The average molecular weight is 1090 g/mol. The van der Waals surface area contributed by atoms with Gasteiger partial charge in [-0.2, -0.15) is 12.1 Å². The summed E-state index contributed by atoms with van der Waals surface area (Å²) in [4.78, 5) is 9.53. The molecule has 3 heterocycles. The number of fused-ring (bicyclic) bond motifs is 4. The van der Waals surface area contributed by atoms with Crippen molar-refractivity contribution in [1.29, 1.82) is 0 Å². The summed E-state index contributed by atoms with van der Waals surface area (Å²) >= 11 is 0. The number of hydrogen-bond donors (Lipinski definition) is 0. The Morgan fingerprint density at radius 1 is 0.471 bits per heavy atom. The monoisotopic (exact) mass is 1090 g/mol. The van der Waals surface area contributed by atoms with E-state index in [1.165, 1.54) is 38.9 Å². The van der Waals surface area contributed by atoms with Gasteiger partial charge < -0.3 is 19.1 Å². The van der Waals surface area contributed by atoms with Gasteiger partial charge in [-0.15, -0.1) is 48.1 Å². The second-order valence-corrected chi connectivity index (χ2v) is 20.3. The predicted molar refractivity (Wildman–Crippen MR) is 286 cm³/mol. The molecule has 350 valence electrons. The summed E-state index contributed by atoms with van der Waals surface area (Å²) in [7, 11) is 0. The third-order valence-corrected chi connectivity index (χ3v) is 14.1. The fourth-order valence-corrected chi connectivity index (χ4v) is 9.83. The molecule has 8 aromatic carbocycles. The SMILES string of the molecule is CC(C)(C)c1cc(-c2ccccc2)cc(N2[CH-]N(c3[c-]c(Oc4[c-]c5c(cc4)c4ccccc4n5-c4cc(C(C)(C)c5ccccc5)ccn4)ccc3)c3ccc(C(C)(C)c4ccccc4)cc32)c1.[Pt]. The van der Waals surface area contributed by atoms with Crippen molar-refractivity contribution < 1.29 is 25.8 Å². The van der Waals surface area contributed by atoms with Crippen LogP contribution >= 0.6 is 0 Å². The van der Waals surface area contributed by atoms with Crippen LogP contribution in [0.1, 0.15) is 76.3 Å². The predicted octanol–water partition coefficient (Wildman–Crippen LogP) is 16.6. The topological polar surface area (TPSA) is 33.5 Å². The van der Waals surface area contributed by atoms with Crippen LogP contribution < -0.4 is 14.5 Å². The van der Waals surface area contributed by atoms with Crippen molar-refractivity contribution in [3.63, 3.8) is 0 Å². The molecule has 10 aromatic rings.